The van der Waals surface area contributed by atoms with Crippen LogP contribution in [0.4, 0.5) is 0 Å². The Labute approximate surface area is 171 Å². The monoisotopic (exact) mass is 378 g/mol. The van der Waals surface area contributed by atoms with Gasteiger partial charge in [0.1, 0.15) is 0 Å². The molecule has 0 unspecified atom stereocenters. The quantitative estimate of drug-likeness (QED) is 0.366. The molecule has 0 saturated heterocycles. The summed E-state index contributed by atoms with van der Waals surface area (Å²) in [5.74, 6) is -0.328. The molecule has 4 aromatic rings. The van der Waals surface area contributed by atoms with Crippen LogP contribution in [0.1, 0.15) is 15.9 Å². The van der Waals surface area contributed by atoms with Crippen LogP contribution >= 0.6 is 0 Å². The van der Waals surface area contributed by atoms with Crippen LogP contribution in [0.25, 0.3) is 33.4 Å². The Kier molecular flexibility index (Phi) is 5.26. The number of hydrogen-bond acceptors (Lipinski definition) is 2. The van der Waals surface area contributed by atoms with Crippen LogP contribution in [0, 0.1) is 6.92 Å². The lowest BCUT2D eigenvalue weighted by molar-refractivity contribution is 0.0601. The summed E-state index contributed by atoms with van der Waals surface area (Å²) in [6.07, 6.45) is 0. The Hall–Kier alpha value is -3.65. The van der Waals surface area contributed by atoms with Gasteiger partial charge in [0.15, 0.2) is 0 Å². The van der Waals surface area contributed by atoms with Crippen LogP contribution < -0.4 is 0 Å². The number of methoxy groups -OCH3 is 1. The van der Waals surface area contributed by atoms with Crippen LogP contribution in [0.2, 0.25) is 0 Å². The van der Waals surface area contributed by atoms with Crippen molar-refractivity contribution in [1.82, 2.24) is 0 Å². The van der Waals surface area contributed by atoms with Crippen molar-refractivity contribution in [2.24, 2.45) is 0 Å². The number of carbonyl (C=O) groups is 1. The molecular formula is C27H22O2. The van der Waals surface area contributed by atoms with Gasteiger partial charge >= 0.3 is 5.97 Å². The molecule has 0 amide bonds. The molecule has 142 valence electrons. The molecule has 4 rings (SSSR count). The van der Waals surface area contributed by atoms with E-state index in [1.165, 1.54) is 7.11 Å². The molecule has 0 aromatic heterocycles. The predicted octanol–water partition coefficient (Wildman–Crippen LogP) is 6.78. The van der Waals surface area contributed by atoms with Gasteiger partial charge in [-0.25, -0.2) is 4.79 Å². The lowest BCUT2D eigenvalue weighted by Gasteiger charge is -2.17. The van der Waals surface area contributed by atoms with E-state index in [9.17, 15) is 4.79 Å². The third-order valence-corrected chi connectivity index (χ3v) is 5.10. The maximum absolute atomic E-state index is 12.4. The molecule has 0 N–H and O–H groups in total. The minimum Gasteiger partial charge on any atom is -0.465 e. The second-order valence-electron chi connectivity index (χ2n) is 7.00. The normalized spacial score (nSPS) is 10.6. The number of aryl methyl sites for hydroxylation is 1. The largest absolute Gasteiger partial charge is 0.465 e. The zero-order valence-corrected chi connectivity index (χ0v) is 16.6. The predicted molar refractivity (Wildman–Crippen MR) is 119 cm³/mol. The summed E-state index contributed by atoms with van der Waals surface area (Å²) in [5.41, 5.74) is 8.11. The lowest BCUT2D eigenvalue weighted by atomic mass is 9.87. The molecule has 29 heavy (non-hydrogen) atoms. The summed E-state index contributed by atoms with van der Waals surface area (Å²) >= 11 is 0. The second-order valence-corrected chi connectivity index (χ2v) is 7.00. The Balaban J connectivity index is 1.97. The van der Waals surface area contributed by atoms with Crippen molar-refractivity contribution in [2.45, 2.75) is 6.92 Å². The molecule has 0 aliphatic rings. The first-order valence-electron chi connectivity index (χ1n) is 9.62. The van der Waals surface area contributed by atoms with Gasteiger partial charge in [0, 0.05) is 0 Å². The Morgan fingerprint density at radius 3 is 1.76 bits per heavy atom. The highest BCUT2D eigenvalue weighted by Crippen LogP contribution is 2.39. The summed E-state index contributed by atoms with van der Waals surface area (Å²) < 4.78 is 5.04. The van der Waals surface area contributed by atoms with Gasteiger partial charge in [0.05, 0.1) is 12.7 Å². The van der Waals surface area contributed by atoms with Crippen molar-refractivity contribution >= 4 is 5.97 Å². The van der Waals surface area contributed by atoms with Gasteiger partial charge in [-0.15, -0.1) is 0 Å². The molecule has 4 aromatic carbocycles. The molecule has 0 heterocycles. The summed E-state index contributed by atoms with van der Waals surface area (Å²) in [6.45, 7) is 2.03. The van der Waals surface area contributed by atoms with E-state index in [1.54, 1.807) is 0 Å². The maximum Gasteiger partial charge on any atom is 0.338 e. The first-order chi connectivity index (χ1) is 14.2. The highest BCUT2D eigenvalue weighted by Gasteiger charge is 2.18. The summed E-state index contributed by atoms with van der Waals surface area (Å²) in [7, 11) is 1.42. The number of ether oxygens (including phenoxy) is 1. The molecule has 0 aliphatic heterocycles. The number of hydrogen-bond donors (Lipinski definition) is 0. The fourth-order valence-corrected chi connectivity index (χ4v) is 3.71. The van der Waals surface area contributed by atoms with Gasteiger partial charge in [-0.1, -0.05) is 96.6 Å². The van der Waals surface area contributed by atoms with E-state index in [4.69, 9.17) is 4.74 Å². The van der Waals surface area contributed by atoms with E-state index >= 15 is 0 Å². The minimum absolute atomic E-state index is 0.328. The molecule has 0 spiro atoms. The molecule has 0 atom stereocenters. The topological polar surface area (TPSA) is 26.3 Å². The lowest BCUT2D eigenvalue weighted by Crippen LogP contribution is -2.04. The minimum atomic E-state index is -0.328. The fraction of sp³-hybridized carbons (Fsp3) is 0.0741. The van der Waals surface area contributed by atoms with E-state index in [1.807, 2.05) is 49.4 Å². The number of benzene rings is 4. The number of carbonyl (C=O) groups excluding carboxylic acids is 1. The van der Waals surface area contributed by atoms with Crippen LogP contribution in [0.5, 0.6) is 0 Å². The first-order valence-corrected chi connectivity index (χ1v) is 9.62. The highest BCUT2D eigenvalue weighted by molar-refractivity contribution is 6.01. The zero-order valence-electron chi connectivity index (χ0n) is 16.6. The molecule has 0 fully saturated rings. The van der Waals surface area contributed by atoms with Gasteiger partial charge in [-0.3, -0.25) is 0 Å². The van der Waals surface area contributed by atoms with Gasteiger partial charge < -0.3 is 4.74 Å². The van der Waals surface area contributed by atoms with E-state index in [0.29, 0.717) is 5.56 Å². The van der Waals surface area contributed by atoms with Crippen LogP contribution in [0.15, 0.2) is 97.1 Å². The summed E-state index contributed by atoms with van der Waals surface area (Å²) in [5, 5.41) is 0. The summed E-state index contributed by atoms with van der Waals surface area (Å²) in [4.78, 5) is 12.4. The number of rotatable bonds is 4. The zero-order chi connectivity index (χ0) is 20.2. The Bertz CT molecular complexity index is 1160. The fourth-order valence-electron chi connectivity index (χ4n) is 3.71. The SMILES string of the molecule is COC(=O)c1ccc(C)cc1-c1ccccc1-c1ccccc1-c1ccccc1. The van der Waals surface area contributed by atoms with Crippen LogP contribution in [0.3, 0.4) is 0 Å². The smallest absolute Gasteiger partial charge is 0.338 e. The van der Waals surface area contributed by atoms with Crippen LogP contribution in [-0.4, -0.2) is 13.1 Å². The Morgan fingerprint density at radius 2 is 1.14 bits per heavy atom. The van der Waals surface area contributed by atoms with Crippen molar-refractivity contribution in [3.05, 3.63) is 108 Å². The van der Waals surface area contributed by atoms with Crippen molar-refractivity contribution in [1.29, 1.82) is 0 Å². The molecule has 0 bridgehead atoms. The van der Waals surface area contributed by atoms with Crippen LogP contribution in [-0.2, 0) is 4.74 Å². The van der Waals surface area contributed by atoms with Gasteiger partial charge in [0.25, 0.3) is 0 Å². The van der Waals surface area contributed by atoms with E-state index in [2.05, 4.69) is 54.6 Å². The molecule has 0 aliphatic carbocycles. The summed E-state index contributed by atoms with van der Waals surface area (Å²) in [6, 6.07) is 32.8. The standard InChI is InChI=1S/C27H22O2/c1-19-16-17-25(27(28)29-2)26(18-19)24-15-9-8-14-23(24)22-13-7-6-12-21(22)20-10-4-3-5-11-20/h3-18H,1-2H3. The van der Waals surface area contributed by atoms with Crippen molar-refractivity contribution < 1.29 is 9.53 Å². The number of esters is 1. The third-order valence-electron chi connectivity index (χ3n) is 5.10. The maximum atomic E-state index is 12.4. The second kappa shape index (κ2) is 8.15. The Morgan fingerprint density at radius 1 is 0.621 bits per heavy atom. The van der Waals surface area contributed by atoms with E-state index in [0.717, 1.165) is 38.9 Å². The van der Waals surface area contributed by atoms with E-state index in [-0.39, 0.29) is 5.97 Å². The molecular weight excluding hydrogens is 356 g/mol. The van der Waals surface area contributed by atoms with Gasteiger partial charge in [-0.2, -0.15) is 0 Å². The first kappa shape index (κ1) is 18.7. The highest BCUT2D eigenvalue weighted by atomic mass is 16.5. The molecule has 2 nitrogen and oxygen atoms in total. The van der Waals surface area contributed by atoms with E-state index < -0.39 is 0 Å². The third kappa shape index (κ3) is 3.70. The van der Waals surface area contributed by atoms with Gasteiger partial charge in [-0.05, 0) is 46.4 Å². The average Bonchev–Trinajstić information content (AvgIpc) is 2.79. The molecule has 2 heteroatoms. The van der Waals surface area contributed by atoms with Crippen molar-refractivity contribution in [3.63, 3.8) is 0 Å². The van der Waals surface area contributed by atoms with Crippen molar-refractivity contribution in [3.8, 4) is 33.4 Å². The average molecular weight is 378 g/mol. The van der Waals surface area contributed by atoms with Crippen molar-refractivity contribution in [2.75, 3.05) is 7.11 Å². The molecule has 0 saturated carbocycles. The van der Waals surface area contributed by atoms with Gasteiger partial charge in [0.2, 0.25) is 0 Å². The molecule has 0 radical (unpaired) electrons.